The summed E-state index contributed by atoms with van der Waals surface area (Å²) < 4.78 is 52.3. The quantitative estimate of drug-likeness (QED) is 0.132. The van der Waals surface area contributed by atoms with Crippen molar-refractivity contribution in [3.05, 3.63) is 126 Å². The summed E-state index contributed by atoms with van der Waals surface area (Å²) in [5.74, 6) is -1.34. The number of anilines is 1. The van der Waals surface area contributed by atoms with E-state index in [1.165, 1.54) is 23.7 Å². The number of benzene rings is 3. The predicted octanol–water partition coefficient (Wildman–Crippen LogP) is 7.12. The van der Waals surface area contributed by atoms with Crippen LogP contribution in [0, 0.1) is 0 Å². The van der Waals surface area contributed by atoms with Gasteiger partial charge in [-0.15, -0.1) is 0 Å². The van der Waals surface area contributed by atoms with Crippen molar-refractivity contribution in [1.82, 2.24) is 19.4 Å². The van der Waals surface area contributed by atoms with Crippen molar-refractivity contribution in [3.63, 3.8) is 0 Å². The van der Waals surface area contributed by atoms with Gasteiger partial charge in [0.2, 0.25) is 5.88 Å². The molecular weight excluding hydrogens is 759 g/mol. The van der Waals surface area contributed by atoms with E-state index in [4.69, 9.17) is 19.7 Å². The number of piperazine rings is 1. The second-order valence-electron chi connectivity index (χ2n) is 13.6. The molecular formula is C42H42F3N5O8. The number of aliphatic carboxylic acids is 2. The van der Waals surface area contributed by atoms with Gasteiger partial charge in [0.15, 0.2) is 0 Å². The number of carbonyl (C=O) groups excluding carboxylic acids is 2. The molecule has 304 valence electrons. The third-order valence-electron chi connectivity index (χ3n) is 9.06. The minimum Gasteiger partial charge on any atom is -0.491 e. The first-order chi connectivity index (χ1) is 27.5. The molecule has 1 saturated heterocycles. The highest BCUT2D eigenvalue weighted by atomic mass is 19.4. The van der Waals surface area contributed by atoms with E-state index < -0.39 is 29.6 Å². The molecule has 5 aromatic rings. The average molecular weight is 802 g/mol. The number of carboxylic acid groups (broad SMARTS) is 2. The van der Waals surface area contributed by atoms with Crippen LogP contribution in [0.25, 0.3) is 10.9 Å². The third-order valence-corrected chi connectivity index (χ3v) is 9.06. The van der Waals surface area contributed by atoms with Crippen LogP contribution in [0.2, 0.25) is 0 Å². The van der Waals surface area contributed by atoms with Crippen LogP contribution >= 0.6 is 0 Å². The standard InChI is InChI=1S/C38H38F3N5O4.C4H4O4/c1-25(2)49-31-12-5-26(6-13-31)24-45-17-19-46(20-18-45)37(48)34-22-28-21-32(14-15-33(28)44(34)4)50-35-16-11-30(23-42-35)43(3)36(47)27-7-9-29(10-8-27)38(39,40)41;5-3(6)1-2-4(7)8/h5-16,21-23,25H,17-20,24H2,1-4H3;1-2H,(H,5,6)(H,7,8). The van der Waals surface area contributed by atoms with Crippen LogP contribution in [0.4, 0.5) is 18.9 Å². The van der Waals surface area contributed by atoms with Gasteiger partial charge in [-0.25, -0.2) is 14.6 Å². The van der Waals surface area contributed by atoms with E-state index >= 15 is 0 Å². The van der Waals surface area contributed by atoms with Crippen LogP contribution in [0.15, 0.2) is 103 Å². The van der Waals surface area contributed by atoms with E-state index in [1.807, 2.05) is 60.7 Å². The molecule has 0 aliphatic carbocycles. The number of carbonyl (C=O) groups is 4. The zero-order chi connectivity index (χ0) is 42.1. The summed E-state index contributed by atoms with van der Waals surface area (Å²) in [5, 5.41) is 16.5. The largest absolute Gasteiger partial charge is 0.491 e. The number of alkyl halides is 3. The van der Waals surface area contributed by atoms with Gasteiger partial charge in [-0.05, 0) is 86.1 Å². The second-order valence-corrected chi connectivity index (χ2v) is 13.6. The second kappa shape index (κ2) is 18.5. The molecule has 0 atom stereocenters. The van der Waals surface area contributed by atoms with Crippen molar-refractivity contribution in [3.8, 4) is 17.4 Å². The number of fused-ring (bicyclic) bond motifs is 1. The first kappa shape index (κ1) is 42.5. The molecule has 0 bridgehead atoms. The Bertz CT molecular complexity index is 2250. The maximum atomic E-state index is 13.6. The van der Waals surface area contributed by atoms with Crippen LogP contribution in [0.1, 0.15) is 45.8 Å². The van der Waals surface area contributed by atoms with Gasteiger partial charge in [0.25, 0.3) is 11.8 Å². The molecule has 0 unspecified atom stereocenters. The van der Waals surface area contributed by atoms with Gasteiger partial charge in [0.05, 0.1) is 23.6 Å². The topological polar surface area (TPSA) is 155 Å². The first-order valence-electron chi connectivity index (χ1n) is 18.1. The van der Waals surface area contributed by atoms with Crippen LogP contribution in [0.5, 0.6) is 17.4 Å². The molecule has 1 fully saturated rings. The summed E-state index contributed by atoms with van der Waals surface area (Å²) in [6, 6.07) is 22.9. The Balaban J connectivity index is 0.000000725. The highest BCUT2D eigenvalue weighted by Crippen LogP contribution is 2.31. The van der Waals surface area contributed by atoms with Gasteiger partial charge in [-0.1, -0.05) is 12.1 Å². The summed E-state index contributed by atoms with van der Waals surface area (Å²) in [6.45, 7) is 7.66. The molecule has 2 aromatic heterocycles. The highest BCUT2D eigenvalue weighted by molar-refractivity contribution is 6.05. The number of hydrogen-bond donors (Lipinski definition) is 2. The summed E-state index contributed by atoms with van der Waals surface area (Å²) in [7, 11) is 3.39. The molecule has 2 N–H and O–H groups in total. The van der Waals surface area contributed by atoms with Crippen molar-refractivity contribution in [2.75, 3.05) is 38.1 Å². The number of amides is 2. The number of aromatic nitrogens is 2. The lowest BCUT2D eigenvalue weighted by atomic mass is 10.1. The van der Waals surface area contributed by atoms with Gasteiger partial charge in [-0.2, -0.15) is 13.2 Å². The number of pyridine rings is 1. The third kappa shape index (κ3) is 11.2. The van der Waals surface area contributed by atoms with Gasteiger partial charge >= 0.3 is 18.1 Å². The Morgan fingerprint density at radius 1 is 0.845 bits per heavy atom. The smallest absolute Gasteiger partial charge is 0.416 e. The molecule has 1 aliphatic rings. The van der Waals surface area contributed by atoms with E-state index in [9.17, 15) is 32.3 Å². The Hall–Kier alpha value is -6.68. The molecule has 16 heteroatoms. The van der Waals surface area contributed by atoms with Crippen molar-refractivity contribution < 1.29 is 52.0 Å². The van der Waals surface area contributed by atoms with Gasteiger partial charge in [-0.3, -0.25) is 14.5 Å². The number of nitrogens with zero attached hydrogens (tertiary/aromatic N) is 5. The molecule has 0 radical (unpaired) electrons. The molecule has 6 rings (SSSR count). The lowest BCUT2D eigenvalue weighted by Gasteiger charge is -2.34. The molecule has 58 heavy (non-hydrogen) atoms. The normalized spacial score (nSPS) is 13.3. The molecule has 3 aromatic carbocycles. The SMILES string of the molecule is CC(C)Oc1ccc(CN2CCN(C(=O)c3cc4cc(Oc5ccc(N(C)C(=O)c6ccc(C(F)(F)F)cc6)cn5)ccc4n3C)CC2)cc1.O=C(O)C=CC(=O)O. The zero-order valence-electron chi connectivity index (χ0n) is 32.1. The number of rotatable bonds is 11. The monoisotopic (exact) mass is 801 g/mol. The van der Waals surface area contributed by atoms with Crippen molar-refractivity contribution in [1.29, 1.82) is 0 Å². The summed E-state index contributed by atoms with van der Waals surface area (Å²) >= 11 is 0. The fraction of sp³-hybridized carbons (Fsp3) is 0.262. The minimum atomic E-state index is -4.48. The Morgan fingerprint density at radius 2 is 1.47 bits per heavy atom. The minimum absolute atomic E-state index is 0.0202. The number of carboxylic acids is 2. The molecule has 0 saturated carbocycles. The maximum absolute atomic E-state index is 13.6. The molecule has 0 spiro atoms. The Kier molecular flexibility index (Phi) is 13.6. The molecule has 1 aliphatic heterocycles. The number of ether oxygens (including phenoxy) is 2. The molecule has 13 nitrogen and oxygen atoms in total. The van der Waals surface area contributed by atoms with E-state index in [2.05, 4.69) is 22.0 Å². The zero-order valence-corrected chi connectivity index (χ0v) is 32.1. The Labute approximate surface area is 332 Å². The number of halogens is 3. The van der Waals surface area contributed by atoms with Gasteiger partial charge in [0, 0.05) is 81.5 Å². The first-order valence-corrected chi connectivity index (χ1v) is 18.1. The summed E-state index contributed by atoms with van der Waals surface area (Å²) in [4.78, 5) is 55.4. The van der Waals surface area contributed by atoms with Gasteiger partial charge < -0.3 is 34.1 Å². The van der Waals surface area contributed by atoms with Crippen molar-refractivity contribution in [2.24, 2.45) is 7.05 Å². The van der Waals surface area contributed by atoms with Crippen LogP contribution < -0.4 is 14.4 Å². The Morgan fingerprint density at radius 3 is 2.02 bits per heavy atom. The van der Waals surface area contributed by atoms with E-state index in [0.29, 0.717) is 42.4 Å². The fourth-order valence-corrected chi connectivity index (χ4v) is 6.08. The lowest BCUT2D eigenvalue weighted by Crippen LogP contribution is -2.48. The molecule has 3 heterocycles. The molecule has 2 amide bonds. The van der Waals surface area contributed by atoms with E-state index in [-0.39, 0.29) is 23.5 Å². The van der Waals surface area contributed by atoms with Crippen LogP contribution in [-0.2, 0) is 29.4 Å². The fourth-order valence-electron chi connectivity index (χ4n) is 6.08. The predicted molar refractivity (Wildman–Crippen MR) is 209 cm³/mol. The van der Waals surface area contributed by atoms with E-state index in [0.717, 1.165) is 60.6 Å². The highest BCUT2D eigenvalue weighted by Gasteiger charge is 2.30. The summed E-state index contributed by atoms with van der Waals surface area (Å²) in [5.41, 5.74) is 2.42. The van der Waals surface area contributed by atoms with E-state index in [1.54, 1.807) is 18.2 Å². The van der Waals surface area contributed by atoms with Gasteiger partial charge in [0.1, 0.15) is 17.2 Å². The number of hydrogen-bond acceptors (Lipinski definition) is 8. The van der Waals surface area contributed by atoms with Crippen LogP contribution in [-0.4, -0.2) is 92.6 Å². The average Bonchev–Trinajstić information content (AvgIpc) is 3.52. The maximum Gasteiger partial charge on any atom is 0.416 e. The summed E-state index contributed by atoms with van der Waals surface area (Å²) in [6.07, 6.45) is -1.78. The number of aryl methyl sites for hydroxylation is 1. The van der Waals surface area contributed by atoms with Crippen molar-refractivity contribution in [2.45, 2.75) is 32.7 Å². The van der Waals surface area contributed by atoms with Crippen LogP contribution in [0.3, 0.4) is 0 Å². The lowest BCUT2D eigenvalue weighted by molar-refractivity contribution is -0.137. The van der Waals surface area contributed by atoms with Crippen molar-refractivity contribution >= 4 is 40.3 Å².